The number of benzene rings is 1. The van der Waals surface area contributed by atoms with E-state index in [4.69, 9.17) is 17.3 Å². The molecule has 0 radical (unpaired) electrons. The van der Waals surface area contributed by atoms with Crippen molar-refractivity contribution in [1.29, 1.82) is 0 Å². The van der Waals surface area contributed by atoms with Crippen molar-refractivity contribution in [1.82, 2.24) is 5.32 Å². The Balaban J connectivity index is 2.47. The van der Waals surface area contributed by atoms with Crippen molar-refractivity contribution in [2.75, 3.05) is 13.1 Å². The maximum absolute atomic E-state index is 5.89. The summed E-state index contributed by atoms with van der Waals surface area (Å²) in [5.41, 5.74) is 7.13. The van der Waals surface area contributed by atoms with Crippen molar-refractivity contribution in [3.05, 3.63) is 34.9 Å². The highest BCUT2D eigenvalue weighted by Gasteiger charge is 2.19. The third-order valence-corrected chi connectivity index (χ3v) is 3.22. The minimum Gasteiger partial charge on any atom is -0.328 e. The summed E-state index contributed by atoms with van der Waals surface area (Å²) >= 11 is 5.89. The van der Waals surface area contributed by atoms with E-state index in [0.29, 0.717) is 0 Å². The molecule has 0 heterocycles. The quantitative estimate of drug-likeness (QED) is 0.766. The van der Waals surface area contributed by atoms with Crippen LogP contribution in [0.25, 0.3) is 0 Å². The predicted octanol–water partition coefficient (Wildman–Crippen LogP) is 2.94. The molecule has 2 nitrogen and oxygen atoms in total. The van der Waals surface area contributed by atoms with Gasteiger partial charge in [-0.05, 0) is 37.6 Å². The van der Waals surface area contributed by atoms with E-state index in [9.17, 15) is 0 Å². The lowest BCUT2D eigenvalue weighted by molar-refractivity contribution is 0.458. The average molecular weight is 255 g/mol. The van der Waals surface area contributed by atoms with Gasteiger partial charge in [0, 0.05) is 23.0 Å². The Morgan fingerprint density at radius 1 is 1.29 bits per heavy atom. The molecule has 0 bridgehead atoms. The first-order valence-electron chi connectivity index (χ1n) is 6.14. The molecule has 3 heteroatoms. The molecule has 0 aliphatic heterocycles. The van der Waals surface area contributed by atoms with Crippen LogP contribution in [0, 0.1) is 0 Å². The summed E-state index contributed by atoms with van der Waals surface area (Å²) in [6.07, 6.45) is 1.01. The molecule has 96 valence electrons. The lowest BCUT2D eigenvalue weighted by Gasteiger charge is -2.26. The summed E-state index contributed by atoms with van der Waals surface area (Å²) in [5.74, 6) is 0. The van der Waals surface area contributed by atoms with Crippen molar-refractivity contribution < 1.29 is 0 Å². The number of rotatable bonds is 6. The zero-order valence-electron chi connectivity index (χ0n) is 11.0. The normalized spacial score (nSPS) is 13.7. The van der Waals surface area contributed by atoms with E-state index in [-0.39, 0.29) is 11.5 Å². The summed E-state index contributed by atoms with van der Waals surface area (Å²) in [6.45, 7) is 8.41. The zero-order chi connectivity index (χ0) is 12.9. The van der Waals surface area contributed by atoms with E-state index in [2.05, 4.69) is 31.3 Å². The van der Waals surface area contributed by atoms with Crippen LogP contribution < -0.4 is 11.1 Å². The summed E-state index contributed by atoms with van der Waals surface area (Å²) in [4.78, 5) is 0. The number of hydrogen-bond acceptors (Lipinski definition) is 2. The van der Waals surface area contributed by atoms with Gasteiger partial charge < -0.3 is 11.1 Å². The fraction of sp³-hybridized carbons (Fsp3) is 0.571. The van der Waals surface area contributed by atoms with Crippen LogP contribution >= 0.6 is 11.6 Å². The van der Waals surface area contributed by atoms with Crippen molar-refractivity contribution in [3.63, 3.8) is 0 Å². The van der Waals surface area contributed by atoms with Gasteiger partial charge in [-0.25, -0.2) is 0 Å². The fourth-order valence-electron chi connectivity index (χ4n) is 1.73. The molecule has 3 N–H and O–H groups in total. The van der Waals surface area contributed by atoms with Gasteiger partial charge >= 0.3 is 0 Å². The minimum absolute atomic E-state index is 0.114. The molecule has 1 rings (SSSR count). The summed E-state index contributed by atoms with van der Waals surface area (Å²) < 4.78 is 0. The fourth-order valence-corrected chi connectivity index (χ4v) is 1.86. The zero-order valence-corrected chi connectivity index (χ0v) is 11.7. The Bertz CT molecular complexity index is 331. The van der Waals surface area contributed by atoms with Gasteiger partial charge in [0.05, 0.1) is 0 Å². The standard InChI is InChI=1S/C14H23ClN2/c1-11(16)8-9-17-10-14(2,3)12-4-6-13(15)7-5-12/h4-7,11,17H,8-10,16H2,1-3H3. The topological polar surface area (TPSA) is 38.0 Å². The molecule has 0 amide bonds. The second kappa shape index (κ2) is 6.39. The number of nitrogens with two attached hydrogens (primary N) is 1. The monoisotopic (exact) mass is 254 g/mol. The van der Waals surface area contributed by atoms with Crippen molar-refractivity contribution >= 4 is 11.6 Å². The molecule has 1 unspecified atom stereocenters. The van der Waals surface area contributed by atoms with Crippen LogP contribution in [0.2, 0.25) is 5.02 Å². The van der Waals surface area contributed by atoms with Crippen LogP contribution in [-0.2, 0) is 5.41 Å². The van der Waals surface area contributed by atoms with E-state index in [1.165, 1.54) is 5.56 Å². The van der Waals surface area contributed by atoms with E-state index in [1.54, 1.807) is 0 Å². The molecule has 1 atom stereocenters. The summed E-state index contributed by atoms with van der Waals surface area (Å²) in [5, 5.41) is 4.24. The highest BCUT2D eigenvalue weighted by atomic mass is 35.5. The van der Waals surface area contributed by atoms with Crippen LogP contribution in [0.3, 0.4) is 0 Å². The number of halogens is 1. The summed E-state index contributed by atoms with van der Waals surface area (Å²) in [6, 6.07) is 8.34. The van der Waals surface area contributed by atoms with Crippen LogP contribution in [0.1, 0.15) is 32.8 Å². The highest BCUT2D eigenvalue weighted by Crippen LogP contribution is 2.23. The molecular weight excluding hydrogens is 232 g/mol. The lowest BCUT2D eigenvalue weighted by atomic mass is 9.84. The Kier molecular flexibility index (Phi) is 5.44. The Hall–Kier alpha value is -0.570. The molecule has 0 spiro atoms. The van der Waals surface area contributed by atoms with Crippen molar-refractivity contribution in [2.24, 2.45) is 5.73 Å². The number of nitrogens with one attached hydrogen (secondary N) is 1. The molecule has 0 fully saturated rings. The minimum atomic E-state index is 0.114. The highest BCUT2D eigenvalue weighted by molar-refractivity contribution is 6.30. The molecule has 0 saturated heterocycles. The molecule has 0 aliphatic rings. The van der Waals surface area contributed by atoms with Gasteiger partial charge in [0.15, 0.2) is 0 Å². The Morgan fingerprint density at radius 2 is 1.88 bits per heavy atom. The predicted molar refractivity (Wildman–Crippen MR) is 75.6 cm³/mol. The maximum atomic E-state index is 5.89. The smallest absolute Gasteiger partial charge is 0.0406 e. The second-order valence-electron chi connectivity index (χ2n) is 5.33. The van der Waals surface area contributed by atoms with E-state index < -0.39 is 0 Å². The van der Waals surface area contributed by atoms with E-state index in [1.807, 2.05) is 19.1 Å². The largest absolute Gasteiger partial charge is 0.328 e. The van der Waals surface area contributed by atoms with Gasteiger partial charge in [0.25, 0.3) is 0 Å². The molecule has 1 aromatic rings. The van der Waals surface area contributed by atoms with Gasteiger partial charge in [0.1, 0.15) is 0 Å². The molecule has 0 aromatic heterocycles. The SMILES string of the molecule is CC(N)CCNCC(C)(C)c1ccc(Cl)cc1. The average Bonchev–Trinajstić information content (AvgIpc) is 2.25. The van der Waals surface area contributed by atoms with Gasteiger partial charge in [0.2, 0.25) is 0 Å². The van der Waals surface area contributed by atoms with Gasteiger partial charge in [-0.2, -0.15) is 0 Å². The van der Waals surface area contributed by atoms with Crippen LogP contribution in [-0.4, -0.2) is 19.1 Å². The second-order valence-corrected chi connectivity index (χ2v) is 5.77. The first kappa shape index (κ1) is 14.5. The first-order valence-corrected chi connectivity index (χ1v) is 6.52. The number of hydrogen-bond donors (Lipinski definition) is 2. The molecular formula is C14H23ClN2. The van der Waals surface area contributed by atoms with Crippen molar-refractivity contribution in [3.8, 4) is 0 Å². The molecule has 17 heavy (non-hydrogen) atoms. The Morgan fingerprint density at radius 3 is 2.41 bits per heavy atom. The van der Waals surface area contributed by atoms with E-state index in [0.717, 1.165) is 24.5 Å². The van der Waals surface area contributed by atoms with Crippen LogP contribution in [0.15, 0.2) is 24.3 Å². The Labute approximate surface area is 110 Å². The van der Waals surface area contributed by atoms with E-state index >= 15 is 0 Å². The van der Waals surface area contributed by atoms with Gasteiger partial charge in [-0.1, -0.05) is 37.6 Å². The molecule has 0 aliphatic carbocycles. The van der Waals surface area contributed by atoms with Crippen LogP contribution in [0.4, 0.5) is 0 Å². The first-order chi connectivity index (χ1) is 7.92. The molecule has 1 aromatic carbocycles. The van der Waals surface area contributed by atoms with Crippen molar-refractivity contribution in [2.45, 2.75) is 38.6 Å². The maximum Gasteiger partial charge on any atom is 0.0406 e. The summed E-state index contributed by atoms with van der Waals surface area (Å²) in [7, 11) is 0. The lowest BCUT2D eigenvalue weighted by Crippen LogP contribution is -2.35. The van der Waals surface area contributed by atoms with Crippen LogP contribution in [0.5, 0.6) is 0 Å². The third-order valence-electron chi connectivity index (χ3n) is 2.97. The van der Waals surface area contributed by atoms with Gasteiger partial charge in [-0.3, -0.25) is 0 Å². The molecule has 0 saturated carbocycles. The van der Waals surface area contributed by atoms with Gasteiger partial charge in [-0.15, -0.1) is 0 Å². The third kappa shape index (κ3) is 5.07.